The smallest absolute Gasteiger partial charge is 0.0485 e. The van der Waals surface area contributed by atoms with Crippen LogP contribution in [0.2, 0.25) is 0 Å². The summed E-state index contributed by atoms with van der Waals surface area (Å²) in [4.78, 5) is 0. The lowest BCUT2D eigenvalue weighted by atomic mass is 10.1. The molecule has 90 valence electrons. The molecule has 3 rings (SSSR count). The summed E-state index contributed by atoms with van der Waals surface area (Å²) in [5.41, 5.74) is 5.54. The standard InChI is InChI=1S/C15H20N2/c1-10-7-11(2)12-9-15(13-5-4-6-16-13)17(3)14(12)8-10/h7-9,13,16H,4-6H2,1-3H3. The number of hydrogen-bond donors (Lipinski definition) is 1. The van der Waals surface area contributed by atoms with Gasteiger partial charge >= 0.3 is 0 Å². The fraction of sp³-hybridized carbons (Fsp3) is 0.467. The molecule has 2 heterocycles. The summed E-state index contributed by atoms with van der Waals surface area (Å²) in [7, 11) is 2.19. The predicted octanol–water partition coefficient (Wildman–Crippen LogP) is 3.22. The molecule has 2 aromatic rings. The molecule has 1 aliphatic heterocycles. The molecule has 2 heteroatoms. The third kappa shape index (κ3) is 1.67. The monoisotopic (exact) mass is 228 g/mol. The highest BCUT2D eigenvalue weighted by Gasteiger charge is 2.20. The van der Waals surface area contributed by atoms with Crippen LogP contribution in [0.3, 0.4) is 0 Å². The Morgan fingerprint density at radius 2 is 2.06 bits per heavy atom. The third-order valence-electron chi connectivity index (χ3n) is 3.97. The number of rotatable bonds is 1. The Labute approximate surface area is 103 Å². The van der Waals surface area contributed by atoms with Gasteiger partial charge in [0.15, 0.2) is 0 Å². The minimum atomic E-state index is 0.548. The van der Waals surface area contributed by atoms with E-state index in [-0.39, 0.29) is 0 Å². The highest BCUT2D eigenvalue weighted by molar-refractivity contribution is 5.85. The Morgan fingerprint density at radius 1 is 1.24 bits per heavy atom. The molecule has 1 fully saturated rings. The second-order valence-electron chi connectivity index (χ2n) is 5.29. The van der Waals surface area contributed by atoms with Crippen molar-refractivity contribution in [1.29, 1.82) is 0 Å². The van der Waals surface area contributed by atoms with Crippen LogP contribution in [0.25, 0.3) is 10.9 Å². The molecule has 0 aliphatic carbocycles. The van der Waals surface area contributed by atoms with E-state index < -0.39 is 0 Å². The summed E-state index contributed by atoms with van der Waals surface area (Å²) < 4.78 is 2.36. The predicted molar refractivity (Wildman–Crippen MR) is 72.4 cm³/mol. The lowest BCUT2D eigenvalue weighted by Gasteiger charge is -2.11. The fourth-order valence-electron chi connectivity index (χ4n) is 3.08. The average molecular weight is 228 g/mol. The first-order valence-electron chi connectivity index (χ1n) is 6.47. The van der Waals surface area contributed by atoms with Crippen molar-refractivity contribution < 1.29 is 0 Å². The van der Waals surface area contributed by atoms with Gasteiger partial charge in [-0.25, -0.2) is 0 Å². The van der Waals surface area contributed by atoms with E-state index in [1.165, 1.54) is 40.6 Å². The van der Waals surface area contributed by atoms with Crippen LogP contribution in [-0.2, 0) is 7.05 Å². The van der Waals surface area contributed by atoms with E-state index in [1.807, 2.05) is 0 Å². The van der Waals surface area contributed by atoms with Gasteiger partial charge in [-0.05, 0) is 56.5 Å². The van der Waals surface area contributed by atoms with Crippen molar-refractivity contribution in [3.63, 3.8) is 0 Å². The van der Waals surface area contributed by atoms with Crippen LogP contribution in [0.4, 0.5) is 0 Å². The first-order chi connectivity index (χ1) is 8.16. The van der Waals surface area contributed by atoms with Gasteiger partial charge < -0.3 is 9.88 Å². The van der Waals surface area contributed by atoms with Crippen LogP contribution in [0.1, 0.15) is 35.7 Å². The van der Waals surface area contributed by atoms with Gasteiger partial charge in [0.1, 0.15) is 0 Å². The van der Waals surface area contributed by atoms with E-state index >= 15 is 0 Å². The van der Waals surface area contributed by atoms with Crippen molar-refractivity contribution in [2.45, 2.75) is 32.7 Å². The lowest BCUT2D eigenvalue weighted by molar-refractivity contribution is 0.604. The molecule has 0 radical (unpaired) electrons. The first kappa shape index (κ1) is 10.8. The zero-order chi connectivity index (χ0) is 12.0. The second kappa shape index (κ2) is 3.88. The summed E-state index contributed by atoms with van der Waals surface area (Å²) in [5.74, 6) is 0. The fourth-order valence-corrected chi connectivity index (χ4v) is 3.08. The maximum absolute atomic E-state index is 3.59. The van der Waals surface area contributed by atoms with Crippen molar-refractivity contribution in [3.8, 4) is 0 Å². The van der Waals surface area contributed by atoms with Crippen molar-refractivity contribution in [3.05, 3.63) is 35.0 Å². The Hall–Kier alpha value is -1.28. The van der Waals surface area contributed by atoms with Crippen LogP contribution < -0.4 is 5.32 Å². The van der Waals surface area contributed by atoms with E-state index in [0.717, 1.165) is 6.54 Å². The SMILES string of the molecule is Cc1cc(C)c2cc(C3CCCN3)n(C)c2c1. The number of aryl methyl sites for hydroxylation is 3. The zero-order valence-electron chi connectivity index (χ0n) is 10.9. The quantitative estimate of drug-likeness (QED) is 0.793. The maximum Gasteiger partial charge on any atom is 0.0485 e. The van der Waals surface area contributed by atoms with Gasteiger partial charge in [0.05, 0.1) is 0 Å². The summed E-state index contributed by atoms with van der Waals surface area (Å²) in [6.45, 7) is 5.54. The number of nitrogens with zero attached hydrogens (tertiary/aromatic N) is 1. The molecule has 1 aromatic carbocycles. The van der Waals surface area contributed by atoms with Crippen LogP contribution in [0.15, 0.2) is 18.2 Å². The summed E-state index contributed by atoms with van der Waals surface area (Å²) in [6.07, 6.45) is 2.56. The lowest BCUT2D eigenvalue weighted by Crippen LogP contribution is -2.15. The second-order valence-corrected chi connectivity index (χ2v) is 5.29. The number of aromatic nitrogens is 1. The van der Waals surface area contributed by atoms with Gasteiger partial charge in [0.25, 0.3) is 0 Å². The van der Waals surface area contributed by atoms with Gasteiger partial charge in [-0.15, -0.1) is 0 Å². The molecule has 0 amide bonds. The van der Waals surface area contributed by atoms with Crippen LogP contribution in [0.5, 0.6) is 0 Å². The van der Waals surface area contributed by atoms with Gasteiger partial charge in [0, 0.05) is 29.7 Å². The topological polar surface area (TPSA) is 17.0 Å². The highest BCUT2D eigenvalue weighted by atomic mass is 15.0. The van der Waals surface area contributed by atoms with Crippen molar-refractivity contribution in [2.24, 2.45) is 7.05 Å². The van der Waals surface area contributed by atoms with Crippen molar-refractivity contribution in [2.75, 3.05) is 6.54 Å². The third-order valence-corrected chi connectivity index (χ3v) is 3.97. The Morgan fingerprint density at radius 3 is 2.76 bits per heavy atom. The van der Waals surface area contributed by atoms with E-state index in [9.17, 15) is 0 Å². The molecule has 1 aliphatic rings. The molecular weight excluding hydrogens is 208 g/mol. The molecule has 1 saturated heterocycles. The highest BCUT2D eigenvalue weighted by Crippen LogP contribution is 2.30. The molecule has 1 unspecified atom stereocenters. The molecule has 1 N–H and O–H groups in total. The summed E-state index contributed by atoms with van der Waals surface area (Å²) in [6, 6.07) is 7.48. The molecular formula is C15H20N2. The minimum absolute atomic E-state index is 0.548. The summed E-state index contributed by atoms with van der Waals surface area (Å²) >= 11 is 0. The van der Waals surface area contributed by atoms with E-state index in [0.29, 0.717) is 6.04 Å². The number of fused-ring (bicyclic) bond motifs is 1. The maximum atomic E-state index is 3.59. The van der Waals surface area contributed by atoms with Crippen LogP contribution >= 0.6 is 0 Å². The van der Waals surface area contributed by atoms with Gasteiger partial charge in [-0.3, -0.25) is 0 Å². The Kier molecular flexibility index (Phi) is 2.48. The van der Waals surface area contributed by atoms with Gasteiger partial charge in [0.2, 0.25) is 0 Å². The van der Waals surface area contributed by atoms with Crippen LogP contribution in [0, 0.1) is 13.8 Å². The van der Waals surface area contributed by atoms with Gasteiger partial charge in [-0.1, -0.05) is 6.07 Å². The van der Waals surface area contributed by atoms with E-state index in [1.54, 1.807) is 0 Å². The molecule has 0 bridgehead atoms. The van der Waals surface area contributed by atoms with Crippen LogP contribution in [-0.4, -0.2) is 11.1 Å². The number of nitrogens with one attached hydrogen (secondary N) is 1. The summed E-state index contributed by atoms with van der Waals surface area (Å²) in [5, 5.41) is 4.99. The number of hydrogen-bond acceptors (Lipinski definition) is 1. The van der Waals surface area contributed by atoms with Gasteiger partial charge in [-0.2, -0.15) is 0 Å². The molecule has 1 atom stereocenters. The normalized spacial score (nSPS) is 20.3. The molecule has 2 nitrogen and oxygen atoms in total. The molecule has 0 spiro atoms. The Bertz CT molecular complexity index is 560. The largest absolute Gasteiger partial charge is 0.346 e. The average Bonchev–Trinajstić information content (AvgIpc) is 2.87. The minimum Gasteiger partial charge on any atom is -0.346 e. The first-order valence-corrected chi connectivity index (χ1v) is 6.47. The van der Waals surface area contributed by atoms with E-state index in [4.69, 9.17) is 0 Å². The molecule has 1 aromatic heterocycles. The molecule has 0 saturated carbocycles. The zero-order valence-corrected chi connectivity index (χ0v) is 10.9. The molecule has 17 heavy (non-hydrogen) atoms. The van der Waals surface area contributed by atoms with E-state index in [2.05, 4.69) is 49.0 Å². The number of benzene rings is 1. The van der Waals surface area contributed by atoms with Crippen molar-refractivity contribution >= 4 is 10.9 Å². The Balaban J connectivity index is 2.20. The van der Waals surface area contributed by atoms with Crippen molar-refractivity contribution in [1.82, 2.24) is 9.88 Å².